The second-order valence-corrected chi connectivity index (χ2v) is 7.87. The lowest BCUT2D eigenvalue weighted by atomic mass is 10.1. The Kier molecular flexibility index (Phi) is 6.43. The number of pyridine rings is 2. The summed E-state index contributed by atoms with van der Waals surface area (Å²) in [5.41, 5.74) is 1.97. The van der Waals surface area contributed by atoms with Gasteiger partial charge in [0.05, 0.1) is 10.6 Å². The van der Waals surface area contributed by atoms with Crippen LogP contribution in [0.25, 0.3) is 0 Å². The van der Waals surface area contributed by atoms with E-state index in [-0.39, 0.29) is 11.7 Å². The summed E-state index contributed by atoms with van der Waals surface area (Å²) >= 11 is 0. The number of hydrogen-bond acceptors (Lipinski definition) is 5. The highest BCUT2D eigenvalue weighted by molar-refractivity contribution is 7.86. The van der Waals surface area contributed by atoms with Gasteiger partial charge in [-0.1, -0.05) is 24.3 Å². The predicted octanol–water partition coefficient (Wildman–Crippen LogP) is 4.09. The van der Waals surface area contributed by atoms with Crippen molar-refractivity contribution < 1.29 is 13.8 Å². The van der Waals surface area contributed by atoms with Gasteiger partial charge in [0, 0.05) is 23.6 Å². The Hall–Kier alpha value is -4.17. The largest absolute Gasteiger partial charge is 0.321 e. The van der Waals surface area contributed by atoms with Crippen molar-refractivity contribution in [2.24, 2.45) is 0 Å². The van der Waals surface area contributed by atoms with Gasteiger partial charge in [0.2, 0.25) is 5.78 Å². The molecule has 0 spiro atoms. The minimum Gasteiger partial charge on any atom is -0.321 e. The van der Waals surface area contributed by atoms with Crippen LogP contribution in [0.3, 0.4) is 0 Å². The molecule has 2 heterocycles. The van der Waals surface area contributed by atoms with Crippen molar-refractivity contribution in [1.82, 2.24) is 9.97 Å². The van der Waals surface area contributed by atoms with Gasteiger partial charge in [-0.2, -0.15) is 0 Å². The van der Waals surface area contributed by atoms with Gasteiger partial charge in [-0.3, -0.25) is 19.6 Å². The van der Waals surface area contributed by atoms with Gasteiger partial charge in [-0.05, 0) is 60.7 Å². The van der Waals surface area contributed by atoms with E-state index >= 15 is 0 Å². The number of nitrogens with zero attached hydrogens (tertiary/aromatic N) is 2. The monoisotopic (exact) mass is 442 g/mol. The third-order valence-electron chi connectivity index (χ3n) is 4.50. The van der Waals surface area contributed by atoms with E-state index in [1.807, 2.05) is 0 Å². The van der Waals surface area contributed by atoms with E-state index in [1.165, 1.54) is 0 Å². The minimum atomic E-state index is -1.62. The molecule has 0 saturated carbocycles. The molecular weight excluding hydrogens is 424 g/mol. The zero-order valence-electron chi connectivity index (χ0n) is 16.8. The number of carbonyl (C=O) groups is 2. The van der Waals surface area contributed by atoms with Gasteiger partial charge in [-0.25, -0.2) is 4.21 Å². The predicted molar refractivity (Wildman–Crippen MR) is 123 cm³/mol. The smallest absolute Gasteiger partial charge is 0.274 e. The van der Waals surface area contributed by atoms with Crippen LogP contribution in [0.2, 0.25) is 0 Å². The summed E-state index contributed by atoms with van der Waals surface area (Å²) in [4.78, 5) is 33.6. The highest BCUT2D eigenvalue weighted by Crippen LogP contribution is 2.21. The fourth-order valence-corrected chi connectivity index (χ4v) is 3.80. The summed E-state index contributed by atoms with van der Waals surface area (Å²) in [5.74, 6) is -0.599. The van der Waals surface area contributed by atoms with Crippen molar-refractivity contribution in [2.75, 3.05) is 10.0 Å². The van der Waals surface area contributed by atoms with Crippen molar-refractivity contribution >= 4 is 34.1 Å². The highest BCUT2D eigenvalue weighted by atomic mass is 32.2. The molecule has 0 bridgehead atoms. The van der Waals surface area contributed by atoms with Crippen LogP contribution in [0.1, 0.15) is 26.5 Å². The Labute approximate surface area is 187 Å². The summed E-state index contributed by atoms with van der Waals surface area (Å²) in [6, 6.07) is 23.6. The second-order valence-electron chi connectivity index (χ2n) is 6.65. The normalized spacial score (nSPS) is 11.4. The number of carbonyl (C=O) groups excluding carboxylic acids is 2. The van der Waals surface area contributed by atoms with Gasteiger partial charge < -0.3 is 10.0 Å². The third-order valence-corrected chi connectivity index (χ3v) is 5.60. The number of nitrogens with one attached hydrogen (secondary N) is 2. The molecule has 0 radical (unpaired) electrons. The molecule has 2 aromatic carbocycles. The Morgan fingerprint density at radius 2 is 1.34 bits per heavy atom. The van der Waals surface area contributed by atoms with E-state index in [2.05, 4.69) is 20.0 Å². The van der Waals surface area contributed by atoms with Gasteiger partial charge in [0.15, 0.2) is 0 Å². The maximum Gasteiger partial charge on any atom is 0.274 e. The molecule has 0 fully saturated rings. The summed E-state index contributed by atoms with van der Waals surface area (Å²) in [5, 5.41) is 2.74. The molecule has 0 aliphatic heterocycles. The van der Waals surface area contributed by atoms with Crippen molar-refractivity contribution in [1.29, 1.82) is 0 Å². The van der Waals surface area contributed by atoms with Crippen LogP contribution in [0, 0.1) is 0 Å². The standard InChI is InChI=1S/C24H18N4O3S/c29-23(21-9-3-5-15-25-21)19-7-1-2-8-20(19)28-32(31)18-13-11-17(12-14-18)27-24(30)22-10-4-6-16-26-22/h1-16,28H,(H,27,30). The van der Waals surface area contributed by atoms with Crippen molar-refractivity contribution in [3.63, 3.8) is 0 Å². The SMILES string of the molecule is O=C(Nc1ccc(S(=O)Nc2ccccc2C(=O)c2ccccn2)cc1)c1ccccn1. The zero-order chi connectivity index (χ0) is 22.3. The average Bonchev–Trinajstić information content (AvgIpc) is 2.85. The molecule has 8 heteroatoms. The maximum atomic E-state index is 12.9. The molecule has 2 N–H and O–H groups in total. The van der Waals surface area contributed by atoms with Crippen LogP contribution in [0.15, 0.2) is 102 Å². The van der Waals surface area contributed by atoms with Crippen LogP contribution >= 0.6 is 0 Å². The number of benzene rings is 2. The highest BCUT2D eigenvalue weighted by Gasteiger charge is 2.16. The number of hydrogen-bond donors (Lipinski definition) is 2. The Morgan fingerprint density at radius 1 is 0.719 bits per heavy atom. The first-order valence-electron chi connectivity index (χ1n) is 9.67. The summed E-state index contributed by atoms with van der Waals surface area (Å²) in [6.45, 7) is 0. The first-order valence-corrected chi connectivity index (χ1v) is 10.8. The lowest BCUT2D eigenvalue weighted by molar-refractivity contribution is 0.101. The molecule has 2 aromatic heterocycles. The number of ketones is 1. The van der Waals surface area contributed by atoms with E-state index in [4.69, 9.17) is 0 Å². The number of amides is 1. The van der Waals surface area contributed by atoms with E-state index in [0.717, 1.165) is 0 Å². The quantitative estimate of drug-likeness (QED) is 0.420. The van der Waals surface area contributed by atoms with Gasteiger partial charge in [0.25, 0.3) is 5.91 Å². The van der Waals surface area contributed by atoms with E-state index in [1.54, 1.807) is 97.3 Å². The number of anilines is 2. The minimum absolute atomic E-state index is 0.265. The maximum absolute atomic E-state index is 12.9. The van der Waals surface area contributed by atoms with Crippen LogP contribution in [0.4, 0.5) is 11.4 Å². The van der Waals surface area contributed by atoms with Gasteiger partial charge in [-0.15, -0.1) is 0 Å². The third kappa shape index (κ3) is 4.93. The molecule has 158 valence electrons. The molecule has 7 nitrogen and oxygen atoms in total. The summed E-state index contributed by atoms with van der Waals surface area (Å²) in [6.07, 6.45) is 3.10. The van der Waals surface area contributed by atoms with Crippen molar-refractivity contribution in [3.05, 3.63) is 114 Å². The molecule has 4 aromatic rings. The van der Waals surface area contributed by atoms with Crippen LogP contribution < -0.4 is 10.0 Å². The Bertz CT molecular complexity index is 1260. The molecule has 0 aliphatic carbocycles. The first-order chi connectivity index (χ1) is 15.6. The van der Waals surface area contributed by atoms with E-state index in [0.29, 0.717) is 33.2 Å². The fourth-order valence-electron chi connectivity index (χ4n) is 2.92. The van der Waals surface area contributed by atoms with E-state index in [9.17, 15) is 13.8 Å². The topological polar surface area (TPSA) is 101 Å². The molecule has 32 heavy (non-hydrogen) atoms. The number of para-hydroxylation sites is 1. The average molecular weight is 443 g/mol. The lowest BCUT2D eigenvalue weighted by Gasteiger charge is -2.11. The first kappa shape index (κ1) is 21.1. The van der Waals surface area contributed by atoms with Gasteiger partial charge in [0.1, 0.15) is 22.4 Å². The molecule has 1 atom stereocenters. The molecule has 1 amide bonds. The molecule has 1 unspecified atom stereocenters. The van der Waals surface area contributed by atoms with Crippen molar-refractivity contribution in [3.8, 4) is 0 Å². The Morgan fingerprint density at radius 3 is 2.00 bits per heavy atom. The van der Waals surface area contributed by atoms with Gasteiger partial charge >= 0.3 is 0 Å². The van der Waals surface area contributed by atoms with Crippen molar-refractivity contribution in [2.45, 2.75) is 4.90 Å². The zero-order valence-corrected chi connectivity index (χ0v) is 17.6. The van der Waals surface area contributed by atoms with Crippen LogP contribution in [-0.2, 0) is 11.0 Å². The Balaban J connectivity index is 1.47. The molecular formula is C24H18N4O3S. The lowest BCUT2D eigenvalue weighted by Crippen LogP contribution is -2.13. The molecule has 4 rings (SSSR count). The summed E-state index contributed by atoms with van der Waals surface area (Å²) < 4.78 is 15.7. The van der Waals surface area contributed by atoms with E-state index < -0.39 is 11.0 Å². The van der Waals surface area contributed by atoms with Crippen LogP contribution in [0.5, 0.6) is 0 Å². The fraction of sp³-hybridized carbons (Fsp3) is 0. The summed E-state index contributed by atoms with van der Waals surface area (Å²) in [7, 11) is -1.62. The number of aromatic nitrogens is 2. The van der Waals surface area contributed by atoms with Crippen LogP contribution in [-0.4, -0.2) is 25.9 Å². The molecule has 0 saturated heterocycles. The molecule has 0 aliphatic rings. The second kappa shape index (κ2) is 9.76. The number of rotatable bonds is 7.